The first-order valence-corrected chi connectivity index (χ1v) is 6.73. The van der Waals surface area contributed by atoms with Crippen molar-refractivity contribution in [1.82, 2.24) is 10.3 Å². The maximum atomic E-state index is 14.2. The number of fused-ring (bicyclic) bond motifs is 1. The number of thiazole rings is 1. The zero-order valence-electron chi connectivity index (χ0n) is 10.6. The highest BCUT2D eigenvalue weighted by Crippen LogP contribution is 2.30. The Bertz CT molecular complexity index is 592. The van der Waals surface area contributed by atoms with E-state index >= 15 is 0 Å². The number of carbonyl (C=O) groups is 1. The van der Waals surface area contributed by atoms with Crippen LogP contribution in [-0.4, -0.2) is 17.4 Å². The summed E-state index contributed by atoms with van der Waals surface area (Å²) in [5, 5.41) is 3.48. The molecule has 0 fully saturated rings. The van der Waals surface area contributed by atoms with Gasteiger partial charge in [-0.2, -0.15) is 0 Å². The molecule has 0 saturated carbocycles. The van der Waals surface area contributed by atoms with Crippen LogP contribution in [0, 0.1) is 5.82 Å². The molecule has 0 bridgehead atoms. The van der Waals surface area contributed by atoms with E-state index in [2.05, 4.69) is 10.3 Å². The van der Waals surface area contributed by atoms with E-state index in [0.717, 1.165) is 9.71 Å². The van der Waals surface area contributed by atoms with Gasteiger partial charge in [0.25, 0.3) is 5.91 Å². The minimum absolute atomic E-state index is 0.0601. The highest BCUT2D eigenvalue weighted by atomic mass is 32.1. The van der Waals surface area contributed by atoms with Crippen LogP contribution in [0.2, 0.25) is 0 Å². The molecule has 1 aromatic carbocycles. The van der Waals surface area contributed by atoms with Crippen LogP contribution in [0.15, 0.2) is 12.1 Å². The predicted octanol–water partition coefficient (Wildman–Crippen LogP) is 3.31. The number of hydrogen-bond donors (Lipinski definition) is 1. The number of hydrogen-bond acceptors (Lipinski definition) is 3. The van der Waals surface area contributed by atoms with Gasteiger partial charge in [0.15, 0.2) is 5.82 Å². The maximum Gasteiger partial charge on any atom is 0.254 e. The first-order valence-electron chi connectivity index (χ1n) is 5.91. The molecular weight excluding hydrogens is 251 g/mol. The third-order valence-corrected chi connectivity index (χ3v) is 3.91. The number of benzene rings is 1. The molecule has 0 unspecified atom stereocenters. The third-order valence-electron chi connectivity index (χ3n) is 2.59. The van der Waals surface area contributed by atoms with Crippen LogP contribution in [-0.2, 0) is 0 Å². The largest absolute Gasteiger partial charge is 0.352 e. The lowest BCUT2D eigenvalue weighted by molar-refractivity contribution is 0.0952. The molecule has 0 saturated heterocycles. The normalized spacial score (nSPS) is 11.2. The van der Waals surface area contributed by atoms with Gasteiger partial charge in [0.05, 0.1) is 15.3 Å². The van der Waals surface area contributed by atoms with Crippen molar-refractivity contribution in [3.63, 3.8) is 0 Å². The Balaban J connectivity index is 2.53. The Morgan fingerprint density at radius 2 is 2.22 bits per heavy atom. The second-order valence-corrected chi connectivity index (χ2v) is 5.40. The minimum atomic E-state index is -0.526. The van der Waals surface area contributed by atoms with E-state index < -0.39 is 11.7 Å². The van der Waals surface area contributed by atoms with Crippen molar-refractivity contribution in [2.75, 3.05) is 6.54 Å². The summed E-state index contributed by atoms with van der Waals surface area (Å²) in [4.78, 5) is 16.0. The second kappa shape index (κ2) is 5.02. The van der Waals surface area contributed by atoms with Crippen molar-refractivity contribution >= 4 is 27.5 Å². The Kier molecular flexibility index (Phi) is 3.61. The summed E-state index contributed by atoms with van der Waals surface area (Å²) in [5.74, 6) is -0.660. The summed E-state index contributed by atoms with van der Waals surface area (Å²) in [6.45, 7) is 6.30. The Morgan fingerprint density at radius 3 is 2.83 bits per heavy atom. The number of rotatable bonds is 3. The SMILES string of the molecule is CCNC(=O)c1ccc2sc(C(C)C)nc2c1F. The summed E-state index contributed by atoms with van der Waals surface area (Å²) in [5.41, 5.74) is 0.359. The number of halogens is 1. The van der Waals surface area contributed by atoms with Crippen LogP contribution in [0.1, 0.15) is 42.1 Å². The monoisotopic (exact) mass is 266 g/mol. The number of amides is 1. The molecular formula is C13H15FN2OS. The number of nitrogens with zero attached hydrogens (tertiary/aromatic N) is 1. The lowest BCUT2D eigenvalue weighted by Gasteiger charge is -2.03. The fourth-order valence-corrected chi connectivity index (χ4v) is 2.62. The van der Waals surface area contributed by atoms with Gasteiger partial charge in [-0.25, -0.2) is 9.37 Å². The van der Waals surface area contributed by atoms with Crippen LogP contribution in [0.4, 0.5) is 4.39 Å². The number of aromatic nitrogens is 1. The lowest BCUT2D eigenvalue weighted by Crippen LogP contribution is -2.23. The smallest absolute Gasteiger partial charge is 0.254 e. The molecule has 0 radical (unpaired) electrons. The minimum Gasteiger partial charge on any atom is -0.352 e. The van der Waals surface area contributed by atoms with Crippen molar-refractivity contribution < 1.29 is 9.18 Å². The van der Waals surface area contributed by atoms with Crippen molar-refractivity contribution in [3.05, 3.63) is 28.5 Å². The van der Waals surface area contributed by atoms with Crippen LogP contribution < -0.4 is 5.32 Å². The van der Waals surface area contributed by atoms with Crippen molar-refractivity contribution in [3.8, 4) is 0 Å². The van der Waals surface area contributed by atoms with E-state index in [1.165, 1.54) is 17.4 Å². The fourth-order valence-electron chi connectivity index (χ4n) is 1.66. The lowest BCUT2D eigenvalue weighted by atomic mass is 10.2. The quantitative estimate of drug-likeness (QED) is 0.926. The molecule has 5 heteroatoms. The number of carbonyl (C=O) groups excluding carboxylic acids is 1. The molecule has 0 spiro atoms. The van der Waals surface area contributed by atoms with Gasteiger partial charge in [-0.05, 0) is 19.1 Å². The van der Waals surface area contributed by atoms with Gasteiger partial charge >= 0.3 is 0 Å². The molecule has 0 aliphatic heterocycles. The van der Waals surface area contributed by atoms with Gasteiger partial charge in [-0.1, -0.05) is 13.8 Å². The molecule has 2 rings (SSSR count). The molecule has 0 atom stereocenters. The van der Waals surface area contributed by atoms with E-state index in [1.54, 1.807) is 13.0 Å². The molecule has 0 aliphatic carbocycles. The van der Waals surface area contributed by atoms with Crippen LogP contribution >= 0.6 is 11.3 Å². The van der Waals surface area contributed by atoms with Gasteiger partial charge in [0.2, 0.25) is 0 Å². The third kappa shape index (κ3) is 2.22. The summed E-state index contributed by atoms with van der Waals surface area (Å²) in [6.07, 6.45) is 0. The van der Waals surface area contributed by atoms with Gasteiger partial charge < -0.3 is 5.32 Å². The highest BCUT2D eigenvalue weighted by Gasteiger charge is 2.17. The van der Waals surface area contributed by atoms with E-state index in [-0.39, 0.29) is 11.5 Å². The zero-order chi connectivity index (χ0) is 13.3. The first-order chi connectivity index (χ1) is 8.54. The Hall–Kier alpha value is -1.49. The standard InChI is InChI=1S/C13H15FN2OS/c1-4-15-12(17)8-5-6-9-11(10(8)14)16-13(18-9)7(2)3/h5-7H,4H2,1-3H3,(H,15,17). The summed E-state index contributed by atoms with van der Waals surface area (Å²) in [7, 11) is 0. The molecule has 2 aromatic rings. The van der Waals surface area contributed by atoms with Crippen molar-refractivity contribution in [2.45, 2.75) is 26.7 Å². The Morgan fingerprint density at radius 1 is 1.50 bits per heavy atom. The number of nitrogens with one attached hydrogen (secondary N) is 1. The van der Waals surface area contributed by atoms with Crippen LogP contribution in [0.5, 0.6) is 0 Å². The van der Waals surface area contributed by atoms with Crippen molar-refractivity contribution in [1.29, 1.82) is 0 Å². The summed E-state index contributed by atoms with van der Waals surface area (Å²) in [6, 6.07) is 3.28. The molecule has 1 aromatic heterocycles. The van der Waals surface area contributed by atoms with E-state index in [0.29, 0.717) is 12.1 Å². The molecule has 1 amide bonds. The molecule has 18 heavy (non-hydrogen) atoms. The zero-order valence-corrected chi connectivity index (χ0v) is 11.4. The molecule has 3 nitrogen and oxygen atoms in total. The van der Waals surface area contributed by atoms with Crippen molar-refractivity contribution in [2.24, 2.45) is 0 Å². The summed E-state index contributed by atoms with van der Waals surface area (Å²) < 4.78 is 15.0. The van der Waals surface area contributed by atoms with E-state index in [4.69, 9.17) is 0 Å². The molecule has 1 heterocycles. The van der Waals surface area contributed by atoms with Gasteiger partial charge in [-0.15, -0.1) is 11.3 Å². The van der Waals surface area contributed by atoms with E-state index in [1.807, 2.05) is 13.8 Å². The highest BCUT2D eigenvalue weighted by molar-refractivity contribution is 7.18. The fraction of sp³-hybridized carbons (Fsp3) is 0.385. The average Bonchev–Trinajstić information content (AvgIpc) is 2.74. The first kappa shape index (κ1) is 13.0. The van der Waals surface area contributed by atoms with Gasteiger partial charge in [0.1, 0.15) is 5.52 Å². The Labute approximate surface area is 109 Å². The van der Waals surface area contributed by atoms with Gasteiger partial charge in [-0.3, -0.25) is 4.79 Å². The molecule has 0 aliphatic rings. The summed E-state index contributed by atoms with van der Waals surface area (Å²) >= 11 is 1.47. The van der Waals surface area contributed by atoms with Crippen LogP contribution in [0.25, 0.3) is 10.2 Å². The predicted molar refractivity (Wildman–Crippen MR) is 71.7 cm³/mol. The topological polar surface area (TPSA) is 42.0 Å². The molecule has 96 valence electrons. The van der Waals surface area contributed by atoms with Gasteiger partial charge in [0, 0.05) is 12.5 Å². The average molecular weight is 266 g/mol. The second-order valence-electron chi connectivity index (χ2n) is 4.34. The molecule has 1 N–H and O–H groups in total. The van der Waals surface area contributed by atoms with Crippen LogP contribution in [0.3, 0.4) is 0 Å². The maximum absolute atomic E-state index is 14.2. The van der Waals surface area contributed by atoms with E-state index in [9.17, 15) is 9.18 Å².